The molecule has 4 atom stereocenters. The molecule has 2 saturated carbocycles. The number of hydrogen-bond donors (Lipinski definition) is 2. The van der Waals surface area contributed by atoms with Crippen LogP contribution in [-0.4, -0.2) is 40.8 Å². The zero-order valence-corrected chi connectivity index (χ0v) is 19.4. The van der Waals surface area contributed by atoms with Gasteiger partial charge in [-0.15, -0.1) is 0 Å². The SMILES string of the molecule is C=C1C(=CC=C2CCC[C@]3(C)C(CC)=CC[C@@H]23)C[C@](O)(OCC(=O)OC(C)C)CC1O. The number of carbonyl (C=O) groups is 1. The van der Waals surface area contributed by atoms with Crippen molar-refractivity contribution >= 4 is 5.97 Å². The molecule has 0 bridgehead atoms. The number of hydrogen-bond acceptors (Lipinski definition) is 5. The first-order chi connectivity index (χ1) is 14.6. The molecule has 0 aliphatic heterocycles. The summed E-state index contributed by atoms with van der Waals surface area (Å²) in [5.41, 5.74) is 4.62. The van der Waals surface area contributed by atoms with E-state index in [9.17, 15) is 15.0 Å². The highest BCUT2D eigenvalue weighted by molar-refractivity contribution is 5.70. The molecular weight excluding hydrogens is 392 g/mol. The summed E-state index contributed by atoms with van der Waals surface area (Å²) in [7, 11) is 0. The van der Waals surface area contributed by atoms with Crippen LogP contribution in [0.3, 0.4) is 0 Å². The third kappa shape index (κ3) is 5.21. The molecule has 0 aromatic heterocycles. The molecule has 0 amide bonds. The fourth-order valence-electron chi connectivity index (χ4n) is 5.55. The van der Waals surface area contributed by atoms with E-state index < -0.39 is 17.9 Å². The van der Waals surface area contributed by atoms with Crippen LogP contribution in [0.25, 0.3) is 0 Å². The number of aliphatic hydroxyl groups is 2. The van der Waals surface area contributed by atoms with Crippen LogP contribution in [0, 0.1) is 11.3 Å². The lowest BCUT2D eigenvalue weighted by Crippen LogP contribution is -2.43. The normalized spacial score (nSPS) is 36.1. The molecule has 3 aliphatic carbocycles. The smallest absolute Gasteiger partial charge is 0.332 e. The van der Waals surface area contributed by atoms with E-state index >= 15 is 0 Å². The summed E-state index contributed by atoms with van der Waals surface area (Å²) < 4.78 is 10.6. The fraction of sp³-hybridized carbons (Fsp3) is 0.654. The second-order valence-electron chi connectivity index (χ2n) is 9.77. The Balaban J connectivity index is 1.74. The third-order valence-electron chi connectivity index (χ3n) is 7.21. The summed E-state index contributed by atoms with van der Waals surface area (Å²) in [5, 5.41) is 21.4. The van der Waals surface area contributed by atoms with Crippen molar-refractivity contribution in [3.63, 3.8) is 0 Å². The summed E-state index contributed by atoms with van der Waals surface area (Å²) in [5.74, 6) is -1.63. The Morgan fingerprint density at radius 3 is 2.81 bits per heavy atom. The molecule has 172 valence electrons. The average molecular weight is 431 g/mol. The summed E-state index contributed by atoms with van der Waals surface area (Å²) in [4.78, 5) is 11.8. The topological polar surface area (TPSA) is 76.0 Å². The number of esters is 1. The van der Waals surface area contributed by atoms with E-state index in [0.717, 1.165) is 24.8 Å². The average Bonchev–Trinajstić information content (AvgIpc) is 3.04. The van der Waals surface area contributed by atoms with Crippen molar-refractivity contribution < 1.29 is 24.5 Å². The van der Waals surface area contributed by atoms with Crippen molar-refractivity contribution in [3.05, 3.63) is 47.1 Å². The quantitative estimate of drug-likeness (QED) is 0.361. The van der Waals surface area contributed by atoms with Crippen molar-refractivity contribution in [1.82, 2.24) is 0 Å². The third-order valence-corrected chi connectivity index (χ3v) is 7.21. The van der Waals surface area contributed by atoms with Gasteiger partial charge in [0.15, 0.2) is 5.79 Å². The molecule has 0 aromatic rings. The number of ether oxygens (including phenoxy) is 2. The molecule has 2 N–H and O–H groups in total. The van der Waals surface area contributed by atoms with Crippen molar-refractivity contribution in [2.24, 2.45) is 11.3 Å². The predicted octanol–water partition coefficient (Wildman–Crippen LogP) is 4.75. The number of rotatable bonds is 6. The Hall–Kier alpha value is -1.69. The molecule has 5 heteroatoms. The van der Waals surface area contributed by atoms with E-state index in [0.29, 0.717) is 11.5 Å². The van der Waals surface area contributed by atoms with Crippen molar-refractivity contribution in [2.75, 3.05) is 6.61 Å². The standard InChI is InChI=1S/C26H38O5/c1-6-21-11-12-22-19(8-7-13-25(21,22)5)9-10-20-14-26(29,15-23(27)18(20)4)30-16-24(28)31-17(2)3/h9-11,17,22-23,27,29H,4,6-8,12-16H2,1-3,5H3/t22-,23?,25+,26-/m0/s1. The minimum Gasteiger partial charge on any atom is -0.461 e. The Bertz CT molecular complexity index is 805. The minimum absolute atomic E-state index is 0.0147. The molecule has 0 spiro atoms. The highest BCUT2D eigenvalue weighted by Gasteiger charge is 2.44. The van der Waals surface area contributed by atoms with Gasteiger partial charge in [0, 0.05) is 12.8 Å². The minimum atomic E-state index is -1.62. The summed E-state index contributed by atoms with van der Waals surface area (Å²) >= 11 is 0. The van der Waals surface area contributed by atoms with Crippen LogP contribution in [-0.2, 0) is 14.3 Å². The van der Waals surface area contributed by atoms with Crippen LogP contribution in [0.1, 0.15) is 72.6 Å². The van der Waals surface area contributed by atoms with Gasteiger partial charge in [0.2, 0.25) is 0 Å². The fourth-order valence-corrected chi connectivity index (χ4v) is 5.55. The highest BCUT2D eigenvalue weighted by Crippen LogP contribution is 2.55. The van der Waals surface area contributed by atoms with Crippen LogP contribution in [0.5, 0.6) is 0 Å². The van der Waals surface area contributed by atoms with Gasteiger partial charge in [-0.25, -0.2) is 4.79 Å². The second-order valence-corrected chi connectivity index (χ2v) is 9.77. The second kappa shape index (κ2) is 9.43. The van der Waals surface area contributed by atoms with E-state index in [-0.39, 0.29) is 31.0 Å². The van der Waals surface area contributed by atoms with E-state index in [4.69, 9.17) is 9.47 Å². The van der Waals surface area contributed by atoms with Crippen molar-refractivity contribution in [2.45, 2.75) is 90.6 Å². The van der Waals surface area contributed by atoms with Crippen LogP contribution < -0.4 is 0 Å². The molecule has 3 aliphatic rings. The molecule has 1 unspecified atom stereocenters. The summed E-state index contributed by atoms with van der Waals surface area (Å²) in [6.45, 7) is 11.8. The number of carbonyl (C=O) groups excluding carboxylic acids is 1. The monoisotopic (exact) mass is 430 g/mol. The van der Waals surface area contributed by atoms with Gasteiger partial charge in [0.25, 0.3) is 0 Å². The first-order valence-corrected chi connectivity index (χ1v) is 11.6. The van der Waals surface area contributed by atoms with E-state index in [2.05, 4.69) is 32.6 Å². The first kappa shape index (κ1) is 24.0. The number of allylic oxidation sites excluding steroid dienone is 5. The van der Waals surface area contributed by atoms with Gasteiger partial charge in [-0.2, -0.15) is 0 Å². The molecule has 3 rings (SSSR count). The maximum atomic E-state index is 11.8. The van der Waals surface area contributed by atoms with E-state index in [1.54, 1.807) is 19.4 Å². The predicted molar refractivity (Wildman–Crippen MR) is 121 cm³/mol. The lowest BCUT2D eigenvalue weighted by Gasteiger charge is -2.41. The van der Waals surface area contributed by atoms with Gasteiger partial charge >= 0.3 is 5.97 Å². The van der Waals surface area contributed by atoms with E-state index in [1.807, 2.05) is 6.08 Å². The van der Waals surface area contributed by atoms with Crippen molar-refractivity contribution in [1.29, 1.82) is 0 Å². The van der Waals surface area contributed by atoms with Gasteiger partial charge in [-0.3, -0.25) is 0 Å². The molecule has 2 fully saturated rings. The van der Waals surface area contributed by atoms with Crippen LogP contribution in [0.4, 0.5) is 0 Å². The Labute approximate surface area is 186 Å². The summed E-state index contributed by atoms with van der Waals surface area (Å²) in [6.07, 6.45) is 11.2. The summed E-state index contributed by atoms with van der Waals surface area (Å²) in [6, 6.07) is 0. The molecule has 5 nitrogen and oxygen atoms in total. The highest BCUT2D eigenvalue weighted by atomic mass is 16.6. The molecule has 0 aromatic carbocycles. The van der Waals surface area contributed by atoms with E-state index in [1.165, 1.54) is 18.4 Å². The number of aliphatic hydroxyl groups excluding tert-OH is 1. The Morgan fingerprint density at radius 2 is 2.13 bits per heavy atom. The van der Waals surface area contributed by atoms with Gasteiger partial charge in [0.1, 0.15) is 6.61 Å². The van der Waals surface area contributed by atoms with Crippen molar-refractivity contribution in [3.8, 4) is 0 Å². The van der Waals surface area contributed by atoms with Crippen LogP contribution in [0.15, 0.2) is 47.1 Å². The Kier molecular flexibility index (Phi) is 7.29. The van der Waals surface area contributed by atoms with Gasteiger partial charge in [0.05, 0.1) is 12.2 Å². The van der Waals surface area contributed by atoms with Gasteiger partial charge in [-0.05, 0) is 68.4 Å². The lowest BCUT2D eigenvalue weighted by atomic mass is 9.64. The zero-order valence-electron chi connectivity index (χ0n) is 19.4. The maximum Gasteiger partial charge on any atom is 0.332 e. The molecule has 0 heterocycles. The molecular formula is C26H38O5. The van der Waals surface area contributed by atoms with Gasteiger partial charge in [-0.1, -0.05) is 49.8 Å². The molecule has 31 heavy (non-hydrogen) atoms. The van der Waals surface area contributed by atoms with Crippen LogP contribution >= 0.6 is 0 Å². The van der Waals surface area contributed by atoms with Gasteiger partial charge < -0.3 is 19.7 Å². The Morgan fingerprint density at radius 1 is 1.39 bits per heavy atom. The number of fused-ring (bicyclic) bond motifs is 1. The largest absolute Gasteiger partial charge is 0.461 e. The molecule has 0 radical (unpaired) electrons. The van der Waals surface area contributed by atoms with Crippen LogP contribution in [0.2, 0.25) is 0 Å². The lowest BCUT2D eigenvalue weighted by molar-refractivity contribution is -0.226. The first-order valence-electron chi connectivity index (χ1n) is 11.6. The maximum absolute atomic E-state index is 11.8. The zero-order chi connectivity index (χ0) is 22.8. The molecule has 0 saturated heterocycles.